The second kappa shape index (κ2) is 25.7. The molecule has 0 saturated carbocycles. The quantitative estimate of drug-likeness (QED) is 0.0413. The summed E-state index contributed by atoms with van der Waals surface area (Å²) in [6.07, 6.45) is 24.6. The molecule has 4 heteroatoms. The van der Waals surface area contributed by atoms with Crippen LogP contribution in [-0.4, -0.2) is 23.0 Å². The van der Waals surface area contributed by atoms with E-state index in [4.69, 9.17) is 19.7 Å². The van der Waals surface area contributed by atoms with E-state index in [1.807, 2.05) is 32.0 Å². The number of nitrogens with zero attached hydrogens (tertiary/aromatic N) is 3. The summed E-state index contributed by atoms with van der Waals surface area (Å²) in [5.74, 6) is 0.921. The molecule has 0 bridgehead atoms. The van der Waals surface area contributed by atoms with Gasteiger partial charge in [-0.1, -0.05) is 201 Å². The van der Waals surface area contributed by atoms with Crippen molar-refractivity contribution in [2.45, 2.75) is 157 Å². The Morgan fingerprint density at radius 2 is 0.900 bits per heavy atom. The SMILES string of the molecule is CCCCCCCCCCCCCCCCCCCCOc1c(-c2ccccc2)cc(/N=C(\C)c2cccc(/C(C)=N/c3c(C)cc(C)cc3C)n2)cc1-c1ccccc1. The number of pyridine rings is 1. The van der Waals surface area contributed by atoms with Crippen LogP contribution in [0.2, 0.25) is 0 Å². The number of ether oxygens (including phenoxy) is 1. The van der Waals surface area contributed by atoms with Crippen molar-refractivity contribution in [2.24, 2.45) is 9.98 Å². The lowest BCUT2D eigenvalue weighted by molar-refractivity contribution is 0.306. The Hall–Kier alpha value is -4.83. The number of aliphatic imine (C=N–C) groups is 2. The summed E-state index contributed by atoms with van der Waals surface area (Å²) in [7, 11) is 0. The summed E-state index contributed by atoms with van der Waals surface area (Å²) in [5, 5.41) is 0. The highest BCUT2D eigenvalue weighted by Gasteiger charge is 2.17. The number of benzene rings is 4. The molecule has 0 radical (unpaired) electrons. The van der Waals surface area contributed by atoms with Gasteiger partial charge >= 0.3 is 0 Å². The number of aryl methyl sites for hydroxylation is 3. The molecule has 5 aromatic rings. The van der Waals surface area contributed by atoms with Crippen molar-refractivity contribution in [3.05, 3.63) is 131 Å². The van der Waals surface area contributed by atoms with Crippen LogP contribution in [0.3, 0.4) is 0 Å². The van der Waals surface area contributed by atoms with Crippen LogP contribution in [0.5, 0.6) is 5.75 Å². The molecular weight excluding hydrogens is 731 g/mol. The molecule has 0 amide bonds. The van der Waals surface area contributed by atoms with Crippen molar-refractivity contribution < 1.29 is 4.74 Å². The summed E-state index contributed by atoms with van der Waals surface area (Å²) < 4.78 is 6.79. The highest BCUT2D eigenvalue weighted by molar-refractivity contribution is 6.03. The third-order valence-corrected chi connectivity index (χ3v) is 11.7. The normalized spacial score (nSPS) is 12.0. The Balaban J connectivity index is 1.20. The molecule has 0 N–H and O–H groups in total. The first kappa shape index (κ1) is 46.2. The first-order valence-corrected chi connectivity index (χ1v) is 23.4. The molecule has 0 atom stereocenters. The van der Waals surface area contributed by atoms with Crippen molar-refractivity contribution in [3.63, 3.8) is 0 Å². The minimum atomic E-state index is 0.694. The van der Waals surface area contributed by atoms with Gasteiger partial charge in [-0.3, -0.25) is 9.98 Å². The van der Waals surface area contributed by atoms with Gasteiger partial charge in [0.05, 0.1) is 40.8 Å². The molecule has 0 aliphatic carbocycles. The Morgan fingerprint density at radius 3 is 1.35 bits per heavy atom. The molecule has 0 fully saturated rings. The fourth-order valence-corrected chi connectivity index (χ4v) is 8.34. The van der Waals surface area contributed by atoms with Crippen molar-refractivity contribution in [3.8, 4) is 28.0 Å². The van der Waals surface area contributed by atoms with Gasteiger partial charge in [-0.05, 0) is 87.6 Å². The van der Waals surface area contributed by atoms with Gasteiger partial charge in [0, 0.05) is 11.1 Å². The fourth-order valence-electron chi connectivity index (χ4n) is 8.34. The van der Waals surface area contributed by atoms with E-state index in [0.717, 1.165) is 68.6 Å². The highest BCUT2D eigenvalue weighted by Crippen LogP contribution is 2.43. The predicted octanol–water partition coefficient (Wildman–Crippen LogP) is 17.0. The second-order valence-corrected chi connectivity index (χ2v) is 17.0. The summed E-state index contributed by atoms with van der Waals surface area (Å²) in [5.41, 5.74) is 13.2. The maximum absolute atomic E-state index is 6.79. The first-order chi connectivity index (χ1) is 29.3. The zero-order chi connectivity index (χ0) is 42.4. The molecular formula is C56H73N3O. The molecule has 4 nitrogen and oxygen atoms in total. The maximum atomic E-state index is 6.79. The molecule has 0 aliphatic heterocycles. The van der Waals surface area contributed by atoms with Gasteiger partial charge in [0.2, 0.25) is 0 Å². The van der Waals surface area contributed by atoms with Crippen molar-refractivity contribution in [1.29, 1.82) is 0 Å². The van der Waals surface area contributed by atoms with Gasteiger partial charge in [-0.2, -0.15) is 0 Å². The van der Waals surface area contributed by atoms with Crippen LogP contribution in [0.15, 0.2) is 113 Å². The van der Waals surface area contributed by atoms with Gasteiger partial charge in [0.25, 0.3) is 0 Å². The average molecular weight is 804 g/mol. The second-order valence-electron chi connectivity index (χ2n) is 17.0. The standard InChI is InChI=1S/C56H73N3O/c1-7-8-9-10-11-12-13-14-15-16-17-18-19-20-21-22-23-30-38-60-56-51(48-32-26-24-27-33-48)41-50(42-52(56)49-34-28-25-29-35-49)57-46(5)53-36-31-37-54(59-53)47(6)58-55-44(3)39-43(2)40-45(55)4/h24-29,31-37,39-42H,7-23,30,38H2,1-6H3/b57-46+,58-47+. The monoisotopic (exact) mass is 804 g/mol. The fraction of sp³-hybridized carbons (Fsp3) is 0.446. The van der Waals surface area contributed by atoms with Crippen molar-refractivity contribution in [2.75, 3.05) is 6.61 Å². The third-order valence-electron chi connectivity index (χ3n) is 11.7. The van der Waals surface area contributed by atoms with Crippen LogP contribution in [0.4, 0.5) is 11.4 Å². The van der Waals surface area contributed by atoms with Crippen molar-refractivity contribution in [1.82, 2.24) is 4.98 Å². The molecule has 0 saturated heterocycles. The number of aromatic nitrogens is 1. The molecule has 4 aromatic carbocycles. The van der Waals surface area contributed by atoms with E-state index in [2.05, 4.69) is 113 Å². The lowest BCUT2D eigenvalue weighted by Gasteiger charge is -2.18. The summed E-state index contributed by atoms with van der Waals surface area (Å²) in [4.78, 5) is 15.3. The Morgan fingerprint density at radius 1 is 0.483 bits per heavy atom. The molecule has 60 heavy (non-hydrogen) atoms. The third kappa shape index (κ3) is 15.0. The highest BCUT2D eigenvalue weighted by atomic mass is 16.5. The molecule has 5 rings (SSSR count). The average Bonchev–Trinajstić information content (AvgIpc) is 3.26. The van der Waals surface area contributed by atoms with Gasteiger partial charge < -0.3 is 4.74 Å². The van der Waals surface area contributed by atoms with E-state index in [1.165, 1.54) is 126 Å². The minimum absolute atomic E-state index is 0.694. The van der Waals surface area contributed by atoms with Crippen molar-refractivity contribution >= 4 is 22.8 Å². The van der Waals surface area contributed by atoms with E-state index < -0.39 is 0 Å². The molecule has 1 heterocycles. The van der Waals surface area contributed by atoms with Crippen LogP contribution in [0.1, 0.15) is 164 Å². The van der Waals surface area contributed by atoms with Crippen LogP contribution < -0.4 is 4.74 Å². The number of unbranched alkanes of at least 4 members (excludes halogenated alkanes) is 17. The smallest absolute Gasteiger partial charge is 0.135 e. The molecule has 0 spiro atoms. The van der Waals surface area contributed by atoms with E-state index in [1.54, 1.807) is 0 Å². The molecule has 318 valence electrons. The number of rotatable bonds is 26. The topological polar surface area (TPSA) is 46.8 Å². The maximum Gasteiger partial charge on any atom is 0.135 e. The van der Waals surface area contributed by atoms with E-state index in [9.17, 15) is 0 Å². The van der Waals surface area contributed by atoms with E-state index >= 15 is 0 Å². The van der Waals surface area contributed by atoms with Gasteiger partial charge in [0.15, 0.2) is 0 Å². The summed E-state index contributed by atoms with van der Waals surface area (Å²) in [6.45, 7) is 13.4. The summed E-state index contributed by atoms with van der Waals surface area (Å²) >= 11 is 0. The van der Waals surface area contributed by atoms with Crippen LogP contribution in [0, 0.1) is 20.8 Å². The molecule has 1 aromatic heterocycles. The zero-order valence-corrected chi connectivity index (χ0v) is 38.0. The van der Waals surface area contributed by atoms with Gasteiger partial charge in [-0.25, -0.2) is 4.98 Å². The lowest BCUT2D eigenvalue weighted by atomic mass is 9.96. The zero-order valence-electron chi connectivity index (χ0n) is 38.0. The van der Waals surface area contributed by atoms with Gasteiger partial charge in [0.1, 0.15) is 5.75 Å². The number of hydrogen-bond acceptors (Lipinski definition) is 4. The van der Waals surface area contributed by atoms with E-state index in [-0.39, 0.29) is 0 Å². The Bertz CT molecular complexity index is 2000. The lowest BCUT2D eigenvalue weighted by Crippen LogP contribution is -2.05. The predicted molar refractivity (Wildman–Crippen MR) is 260 cm³/mol. The Kier molecular flexibility index (Phi) is 19.8. The van der Waals surface area contributed by atoms with Crippen LogP contribution >= 0.6 is 0 Å². The first-order valence-electron chi connectivity index (χ1n) is 23.4. The number of hydrogen-bond donors (Lipinski definition) is 0. The van der Waals surface area contributed by atoms with Gasteiger partial charge in [-0.15, -0.1) is 0 Å². The summed E-state index contributed by atoms with van der Waals surface area (Å²) in [6, 6.07) is 36.0. The molecule has 0 unspecified atom stereocenters. The minimum Gasteiger partial charge on any atom is -0.492 e. The molecule has 0 aliphatic rings. The van der Waals surface area contributed by atoms with Crippen LogP contribution in [0.25, 0.3) is 22.3 Å². The largest absolute Gasteiger partial charge is 0.492 e. The van der Waals surface area contributed by atoms with E-state index in [0.29, 0.717) is 6.61 Å². The Labute approximate surface area is 364 Å². The van der Waals surface area contributed by atoms with Crippen LogP contribution in [-0.2, 0) is 0 Å².